The number of nitrogens with zero attached hydrogens (tertiary/aromatic N) is 3. The minimum Gasteiger partial charge on any atom is -0.352 e. The number of benzene rings is 2. The summed E-state index contributed by atoms with van der Waals surface area (Å²) in [6, 6.07) is 12.4. The lowest BCUT2D eigenvalue weighted by molar-refractivity contribution is -0.116. The van der Waals surface area contributed by atoms with Gasteiger partial charge in [0.25, 0.3) is 5.91 Å². The minimum atomic E-state index is -3.47. The van der Waals surface area contributed by atoms with Crippen LogP contribution in [0.4, 0.5) is 5.69 Å². The van der Waals surface area contributed by atoms with Crippen molar-refractivity contribution in [3.05, 3.63) is 59.2 Å². The van der Waals surface area contributed by atoms with Gasteiger partial charge in [0.05, 0.1) is 4.90 Å². The van der Waals surface area contributed by atoms with Gasteiger partial charge in [-0.15, -0.1) is 0 Å². The largest absolute Gasteiger partial charge is 0.352 e. The molecule has 8 nitrogen and oxygen atoms in total. The molecular weight excluding hydrogens is 524 g/mol. The van der Waals surface area contributed by atoms with Gasteiger partial charge in [0.15, 0.2) is 0 Å². The van der Waals surface area contributed by atoms with E-state index >= 15 is 0 Å². The first kappa shape index (κ1) is 31.8. The third kappa shape index (κ3) is 8.88. The summed E-state index contributed by atoms with van der Waals surface area (Å²) in [7, 11) is -0.453. The lowest BCUT2D eigenvalue weighted by Crippen LogP contribution is -2.34. The molecule has 0 bridgehead atoms. The van der Waals surface area contributed by atoms with Crippen molar-refractivity contribution in [2.45, 2.75) is 70.7 Å². The fourth-order valence-electron chi connectivity index (χ4n) is 5.15. The molecule has 0 aromatic heterocycles. The Morgan fingerprint density at radius 2 is 1.60 bits per heavy atom. The molecule has 0 saturated carbocycles. The molecule has 220 valence electrons. The van der Waals surface area contributed by atoms with Crippen LogP contribution in [-0.2, 0) is 27.8 Å². The van der Waals surface area contributed by atoms with E-state index in [1.807, 2.05) is 23.1 Å². The molecule has 0 fully saturated rings. The van der Waals surface area contributed by atoms with Gasteiger partial charge in [-0.05, 0) is 73.2 Å². The third-order valence-corrected chi connectivity index (χ3v) is 9.12. The monoisotopic (exact) mass is 570 g/mol. The van der Waals surface area contributed by atoms with Crippen LogP contribution in [0.15, 0.2) is 47.4 Å². The molecule has 1 heterocycles. The molecule has 2 amide bonds. The van der Waals surface area contributed by atoms with Crippen LogP contribution in [0.5, 0.6) is 0 Å². The summed E-state index contributed by atoms with van der Waals surface area (Å²) in [6.07, 6.45) is 6.20. The topological polar surface area (TPSA) is 90.0 Å². The van der Waals surface area contributed by atoms with Gasteiger partial charge < -0.3 is 10.2 Å². The van der Waals surface area contributed by atoms with Gasteiger partial charge in [0.1, 0.15) is 0 Å². The standard InChI is InChI=1S/C31H46N4O4S/c1-24(2)22-34-19-9-7-6-8-10-20-35(25(3)36)30-16-13-27(21-28(30)23-34)31(37)32-18-17-26-11-14-29(15-12-26)40(38,39)33(4)5/h11-16,21,24H,6-10,17-20,22-23H2,1-5H3,(H,32,37). The van der Waals surface area contributed by atoms with E-state index < -0.39 is 10.0 Å². The highest BCUT2D eigenvalue weighted by atomic mass is 32.2. The van der Waals surface area contributed by atoms with Gasteiger partial charge in [-0.3, -0.25) is 14.5 Å². The fourth-order valence-corrected chi connectivity index (χ4v) is 6.06. The Morgan fingerprint density at radius 1 is 0.950 bits per heavy atom. The molecule has 2 aromatic rings. The highest BCUT2D eigenvalue weighted by Gasteiger charge is 2.21. The maximum Gasteiger partial charge on any atom is 0.251 e. The van der Waals surface area contributed by atoms with Gasteiger partial charge in [-0.1, -0.05) is 45.2 Å². The summed E-state index contributed by atoms with van der Waals surface area (Å²) < 4.78 is 25.8. The molecule has 0 aliphatic carbocycles. The third-order valence-electron chi connectivity index (χ3n) is 7.29. The number of hydrogen-bond donors (Lipinski definition) is 1. The Kier molecular flexibility index (Phi) is 11.7. The van der Waals surface area contributed by atoms with Crippen LogP contribution in [0.25, 0.3) is 0 Å². The summed E-state index contributed by atoms with van der Waals surface area (Å²) in [5, 5.41) is 3.00. The minimum absolute atomic E-state index is 0.0234. The van der Waals surface area contributed by atoms with Crippen molar-refractivity contribution in [1.82, 2.24) is 14.5 Å². The van der Waals surface area contributed by atoms with Gasteiger partial charge in [0.2, 0.25) is 15.9 Å². The zero-order chi connectivity index (χ0) is 29.3. The molecule has 1 aliphatic heterocycles. The number of amides is 2. The van der Waals surface area contributed by atoms with Crippen LogP contribution >= 0.6 is 0 Å². The number of anilines is 1. The molecule has 0 saturated heterocycles. The van der Waals surface area contributed by atoms with E-state index in [0.29, 0.717) is 37.5 Å². The zero-order valence-corrected chi connectivity index (χ0v) is 25.6. The van der Waals surface area contributed by atoms with Crippen LogP contribution in [-0.4, -0.2) is 69.7 Å². The normalized spacial score (nSPS) is 15.8. The molecule has 2 aromatic carbocycles. The first-order valence-corrected chi connectivity index (χ1v) is 15.9. The van der Waals surface area contributed by atoms with E-state index in [4.69, 9.17) is 0 Å². The van der Waals surface area contributed by atoms with Crippen LogP contribution in [0.1, 0.15) is 74.4 Å². The second kappa shape index (κ2) is 14.8. The van der Waals surface area contributed by atoms with Gasteiger partial charge in [-0.25, -0.2) is 12.7 Å². The Hall–Kier alpha value is -2.75. The van der Waals surface area contributed by atoms with E-state index in [1.165, 1.54) is 31.2 Å². The number of carbonyl (C=O) groups excluding carboxylic acids is 2. The average molecular weight is 571 g/mol. The van der Waals surface area contributed by atoms with Crippen LogP contribution in [0.2, 0.25) is 0 Å². The van der Waals surface area contributed by atoms with E-state index in [1.54, 1.807) is 31.2 Å². The quantitative estimate of drug-likeness (QED) is 0.498. The molecule has 1 aliphatic rings. The van der Waals surface area contributed by atoms with Gasteiger partial charge in [-0.2, -0.15) is 0 Å². The Labute approximate surface area is 240 Å². The molecular formula is C31H46N4O4S. The number of hydrogen-bond acceptors (Lipinski definition) is 5. The zero-order valence-electron chi connectivity index (χ0n) is 24.8. The van der Waals surface area contributed by atoms with Crippen molar-refractivity contribution in [2.24, 2.45) is 5.92 Å². The first-order chi connectivity index (χ1) is 19.0. The van der Waals surface area contributed by atoms with Crippen molar-refractivity contribution in [3.63, 3.8) is 0 Å². The number of nitrogens with one attached hydrogen (secondary N) is 1. The summed E-state index contributed by atoms with van der Waals surface area (Å²) in [5.74, 6) is 0.379. The first-order valence-electron chi connectivity index (χ1n) is 14.4. The maximum absolute atomic E-state index is 13.1. The number of fused-ring (bicyclic) bond motifs is 1. The highest BCUT2D eigenvalue weighted by molar-refractivity contribution is 7.89. The van der Waals surface area contributed by atoms with E-state index in [0.717, 1.165) is 49.2 Å². The lowest BCUT2D eigenvalue weighted by Gasteiger charge is -2.30. The van der Waals surface area contributed by atoms with Crippen molar-refractivity contribution in [1.29, 1.82) is 0 Å². The Bertz CT molecular complexity index is 1240. The van der Waals surface area contributed by atoms with E-state index in [2.05, 4.69) is 24.1 Å². The summed E-state index contributed by atoms with van der Waals surface area (Å²) >= 11 is 0. The molecule has 0 atom stereocenters. The number of rotatable bonds is 8. The second-order valence-electron chi connectivity index (χ2n) is 11.3. The number of sulfonamides is 1. The summed E-state index contributed by atoms with van der Waals surface area (Å²) in [5.41, 5.74) is 3.41. The average Bonchev–Trinajstić information content (AvgIpc) is 2.89. The molecule has 40 heavy (non-hydrogen) atoms. The predicted molar refractivity (Wildman–Crippen MR) is 161 cm³/mol. The van der Waals surface area contributed by atoms with Gasteiger partial charge >= 0.3 is 0 Å². The number of carbonyl (C=O) groups is 2. The van der Waals surface area contributed by atoms with Crippen LogP contribution < -0.4 is 10.2 Å². The summed E-state index contributed by atoms with van der Waals surface area (Å²) in [6.45, 7) is 9.83. The maximum atomic E-state index is 13.1. The van der Waals surface area contributed by atoms with Crippen LogP contribution in [0.3, 0.4) is 0 Å². The molecule has 3 rings (SSSR count). The van der Waals surface area contributed by atoms with Crippen molar-refractivity contribution in [3.8, 4) is 0 Å². The molecule has 0 spiro atoms. The fraction of sp³-hybridized carbons (Fsp3) is 0.548. The Balaban J connectivity index is 1.76. The smallest absolute Gasteiger partial charge is 0.251 e. The van der Waals surface area contributed by atoms with Crippen molar-refractivity contribution >= 4 is 27.5 Å². The molecule has 0 unspecified atom stereocenters. The predicted octanol–water partition coefficient (Wildman–Crippen LogP) is 4.68. The Morgan fingerprint density at radius 3 is 2.23 bits per heavy atom. The lowest BCUT2D eigenvalue weighted by atomic mass is 10.0. The highest BCUT2D eigenvalue weighted by Crippen LogP contribution is 2.26. The molecule has 0 radical (unpaired) electrons. The van der Waals surface area contributed by atoms with E-state index in [-0.39, 0.29) is 16.7 Å². The van der Waals surface area contributed by atoms with Crippen molar-refractivity contribution in [2.75, 3.05) is 45.2 Å². The summed E-state index contributed by atoms with van der Waals surface area (Å²) in [4.78, 5) is 30.3. The molecule has 1 N–H and O–H groups in total. The van der Waals surface area contributed by atoms with Gasteiger partial charge in [0, 0.05) is 58.4 Å². The van der Waals surface area contributed by atoms with Crippen LogP contribution in [0, 0.1) is 5.92 Å². The molecule has 9 heteroatoms. The van der Waals surface area contributed by atoms with E-state index in [9.17, 15) is 18.0 Å². The second-order valence-corrected chi connectivity index (χ2v) is 13.5. The van der Waals surface area contributed by atoms with Crippen molar-refractivity contribution < 1.29 is 18.0 Å². The SMILES string of the molecule is CC(=O)N1CCCCCCCN(CC(C)C)Cc2cc(C(=O)NCCc3ccc(S(=O)(=O)N(C)C)cc3)ccc21.